The predicted molar refractivity (Wildman–Crippen MR) is 106 cm³/mol. The number of nitrogens with one attached hydrogen (secondary N) is 1. The van der Waals surface area contributed by atoms with Gasteiger partial charge in [0.25, 0.3) is 11.5 Å². The van der Waals surface area contributed by atoms with Crippen LogP contribution in [0.4, 0.5) is 0 Å². The number of carbonyl (C=O) groups excluding carboxylic acids is 1. The summed E-state index contributed by atoms with van der Waals surface area (Å²) in [4.78, 5) is 36.7. The Balaban J connectivity index is 1.51. The van der Waals surface area contributed by atoms with E-state index in [9.17, 15) is 9.59 Å². The van der Waals surface area contributed by atoms with Gasteiger partial charge in [-0.2, -0.15) is 0 Å². The lowest BCUT2D eigenvalue weighted by atomic mass is 10.1. The fraction of sp³-hybridized carbons (Fsp3) is 0.571. The summed E-state index contributed by atoms with van der Waals surface area (Å²) in [5.41, 5.74) is 2.54. The summed E-state index contributed by atoms with van der Waals surface area (Å²) in [5, 5.41) is 0. The van der Waals surface area contributed by atoms with Gasteiger partial charge in [0.05, 0.1) is 5.69 Å². The van der Waals surface area contributed by atoms with Gasteiger partial charge < -0.3 is 14.3 Å². The molecule has 7 heteroatoms. The number of nitrogens with zero attached hydrogens (tertiary/aromatic N) is 3. The van der Waals surface area contributed by atoms with E-state index in [2.05, 4.69) is 21.8 Å². The number of hydrogen-bond acceptors (Lipinski definition) is 5. The molecule has 2 aromatic rings. The number of rotatable bonds is 4. The lowest BCUT2D eigenvalue weighted by Gasteiger charge is -2.18. The van der Waals surface area contributed by atoms with E-state index in [0.717, 1.165) is 43.1 Å². The molecule has 0 unspecified atom stereocenters. The van der Waals surface area contributed by atoms with Gasteiger partial charge in [-0.1, -0.05) is 6.92 Å². The summed E-state index contributed by atoms with van der Waals surface area (Å²) in [6, 6.07) is 1.92. The summed E-state index contributed by atoms with van der Waals surface area (Å²) >= 11 is 0. The molecule has 1 amide bonds. The maximum absolute atomic E-state index is 13.1. The van der Waals surface area contributed by atoms with Crippen LogP contribution in [0.3, 0.4) is 0 Å². The molecule has 0 saturated carbocycles. The Kier molecular flexibility index (Phi) is 5.35. The van der Waals surface area contributed by atoms with Crippen LogP contribution >= 0.6 is 0 Å². The quantitative estimate of drug-likeness (QED) is 0.873. The maximum atomic E-state index is 13.1. The second kappa shape index (κ2) is 7.91. The minimum atomic E-state index is -0.0941. The molecule has 2 aliphatic rings. The first kappa shape index (κ1) is 18.9. The van der Waals surface area contributed by atoms with Crippen molar-refractivity contribution in [1.29, 1.82) is 0 Å². The van der Waals surface area contributed by atoms with Crippen molar-refractivity contribution in [3.05, 3.63) is 50.6 Å². The molecule has 0 aliphatic carbocycles. The molecule has 7 nitrogen and oxygen atoms in total. The minimum absolute atomic E-state index is 0.0871. The third-order valence-corrected chi connectivity index (χ3v) is 5.78. The van der Waals surface area contributed by atoms with E-state index >= 15 is 0 Å². The number of amides is 1. The van der Waals surface area contributed by atoms with Crippen molar-refractivity contribution in [2.45, 2.75) is 52.5 Å². The van der Waals surface area contributed by atoms with Crippen molar-refractivity contribution in [1.82, 2.24) is 19.8 Å². The topological polar surface area (TPSA) is 82.4 Å². The normalized spacial score (nSPS) is 17.6. The van der Waals surface area contributed by atoms with Crippen LogP contribution in [0.15, 0.2) is 15.3 Å². The van der Waals surface area contributed by atoms with E-state index in [1.165, 1.54) is 12.8 Å². The van der Waals surface area contributed by atoms with Gasteiger partial charge in [0, 0.05) is 43.6 Å². The zero-order chi connectivity index (χ0) is 19.7. The fourth-order valence-electron chi connectivity index (χ4n) is 4.28. The Hall–Kier alpha value is -2.41. The van der Waals surface area contributed by atoms with Crippen LogP contribution in [-0.2, 0) is 25.8 Å². The highest BCUT2D eigenvalue weighted by Crippen LogP contribution is 2.22. The Bertz CT molecular complexity index is 924. The summed E-state index contributed by atoms with van der Waals surface area (Å²) < 4.78 is 5.95. The molecular weight excluding hydrogens is 356 g/mol. The van der Waals surface area contributed by atoms with Crippen molar-refractivity contribution in [3.63, 3.8) is 0 Å². The molecule has 0 spiro atoms. The standard InChI is InChI=1S/C21H28N4O3/c1-3-18-15(13-24-8-4-5-9-24)12-19(28-18)21(27)25-10-6-16-17(7-11-25)22-14(2)23-20(16)26/h12H,3-11,13H2,1-2H3,(H,22,23,26). The Morgan fingerprint density at radius 1 is 1.21 bits per heavy atom. The van der Waals surface area contributed by atoms with Gasteiger partial charge in [-0.3, -0.25) is 14.5 Å². The highest BCUT2D eigenvalue weighted by molar-refractivity contribution is 5.92. The lowest BCUT2D eigenvalue weighted by molar-refractivity contribution is 0.0729. The molecule has 2 aliphatic heterocycles. The number of hydrogen-bond donors (Lipinski definition) is 1. The van der Waals surface area contributed by atoms with Crippen molar-refractivity contribution in [2.24, 2.45) is 0 Å². The van der Waals surface area contributed by atoms with Crippen LogP contribution in [0, 0.1) is 6.92 Å². The van der Waals surface area contributed by atoms with E-state index in [1.807, 2.05) is 6.07 Å². The van der Waals surface area contributed by atoms with E-state index in [0.29, 0.717) is 43.1 Å². The summed E-state index contributed by atoms with van der Waals surface area (Å²) in [6.45, 7) is 7.97. The zero-order valence-corrected chi connectivity index (χ0v) is 16.7. The maximum Gasteiger partial charge on any atom is 0.289 e. The Morgan fingerprint density at radius 3 is 2.71 bits per heavy atom. The average Bonchev–Trinajstić information content (AvgIpc) is 3.27. The monoisotopic (exact) mass is 384 g/mol. The molecule has 4 heterocycles. The highest BCUT2D eigenvalue weighted by atomic mass is 16.4. The van der Waals surface area contributed by atoms with Crippen LogP contribution in [0.1, 0.15) is 58.7 Å². The van der Waals surface area contributed by atoms with Gasteiger partial charge in [-0.25, -0.2) is 4.98 Å². The van der Waals surface area contributed by atoms with Crippen molar-refractivity contribution in [3.8, 4) is 0 Å². The zero-order valence-electron chi connectivity index (χ0n) is 16.7. The van der Waals surface area contributed by atoms with Crippen molar-refractivity contribution in [2.75, 3.05) is 26.2 Å². The van der Waals surface area contributed by atoms with E-state index in [-0.39, 0.29) is 11.5 Å². The van der Waals surface area contributed by atoms with Crippen molar-refractivity contribution < 1.29 is 9.21 Å². The van der Waals surface area contributed by atoms with E-state index in [1.54, 1.807) is 11.8 Å². The second-order valence-corrected chi connectivity index (χ2v) is 7.76. The Morgan fingerprint density at radius 2 is 1.96 bits per heavy atom. The minimum Gasteiger partial charge on any atom is -0.456 e. The molecule has 1 N–H and O–H groups in total. The van der Waals surface area contributed by atoms with Crippen LogP contribution in [-0.4, -0.2) is 51.9 Å². The average molecular weight is 384 g/mol. The van der Waals surface area contributed by atoms with Gasteiger partial charge >= 0.3 is 0 Å². The summed E-state index contributed by atoms with van der Waals surface area (Å²) in [5.74, 6) is 1.84. The molecule has 150 valence electrons. The Labute approximate surface area is 164 Å². The van der Waals surface area contributed by atoms with Gasteiger partial charge in [0.2, 0.25) is 0 Å². The van der Waals surface area contributed by atoms with Gasteiger partial charge in [-0.15, -0.1) is 0 Å². The second-order valence-electron chi connectivity index (χ2n) is 7.76. The molecule has 0 radical (unpaired) electrons. The van der Waals surface area contributed by atoms with Gasteiger partial charge in [0.1, 0.15) is 11.6 Å². The number of aromatic amines is 1. The molecular formula is C21H28N4O3. The third kappa shape index (κ3) is 3.76. The molecule has 4 rings (SSSR count). The van der Waals surface area contributed by atoms with Gasteiger partial charge in [-0.05, 0) is 45.3 Å². The van der Waals surface area contributed by atoms with E-state index in [4.69, 9.17) is 4.42 Å². The molecule has 1 saturated heterocycles. The van der Waals surface area contributed by atoms with Gasteiger partial charge in [0.15, 0.2) is 5.76 Å². The summed E-state index contributed by atoms with van der Waals surface area (Å²) in [7, 11) is 0. The largest absolute Gasteiger partial charge is 0.456 e. The van der Waals surface area contributed by atoms with Crippen LogP contribution in [0.25, 0.3) is 0 Å². The number of aryl methyl sites for hydroxylation is 2. The number of fused-ring (bicyclic) bond motifs is 1. The molecule has 0 bridgehead atoms. The first-order valence-corrected chi connectivity index (χ1v) is 10.3. The third-order valence-electron chi connectivity index (χ3n) is 5.78. The fourth-order valence-corrected chi connectivity index (χ4v) is 4.28. The lowest BCUT2D eigenvalue weighted by Crippen LogP contribution is -2.33. The number of H-pyrrole nitrogens is 1. The predicted octanol–water partition coefficient (Wildman–Crippen LogP) is 2.07. The smallest absolute Gasteiger partial charge is 0.289 e. The number of aromatic nitrogens is 2. The first-order valence-electron chi connectivity index (χ1n) is 10.3. The number of likely N-dealkylation sites (tertiary alicyclic amines) is 1. The first-order chi connectivity index (χ1) is 13.5. The van der Waals surface area contributed by atoms with Crippen LogP contribution in [0.2, 0.25) is 0 Å². The van der Waals surface area contributed by atoms with Crippen LogP contribution in [0.5, 0.6) is 0 Å². The molecule has 1 fully saturated rings. The SMILES string of the molecule is CCc1oc(C(=O)N2CCc3nc(C)[nH]c(=O)c3CC2)cc1CN1CCCC1. The highest BCUT2D eigenvalue weighted by Gasteiger charge is 2.26. The van der Waals surface area contributed by atoms with E-state index < -0.39 is 0 Å². The molecule has 0 atom stereocenters. The summed E-state index contributed by atoms with van der Waals surface area (Å²) in [6.07, 6.45) is 4.37. The van der Waals surface area contributed by atoms with Crippen molar-refractivity contribution >= 4 is 5.91 Å². The molecule has 0 aromatic carbocycles. The molecule has 2 aromatic heterocycles. The van der Waals surface area contributed by atoms with Crippen LogP contribution < -0.4 is 5.56 Å². The molecule has 28 heavy (non-hydrogen) atoms. The number of furan rings is 1. The number of carbonyl (C=O) groups is 1.